The van der Waals surface area contributed by atoms with Gasteiger partial charge in [0.05, 0.1) is 5.41 Å². The molecule has 1 aliphatic heterocycles. The topological polar surface area (TPSA) is 76.1 Å². The lowest BCUT2D eigenvalue weighted by Crippen LogP contribution is -2.43. The van der Waals surface area contributed by atoms with Crippen LogP contribution in [0, 0.1) is 0 Å². The summed E-state index contributed by atoms with van der Waals surface area (Å²) in [4.78, 5) is 24.4. The molecular weight excluding hydrogens is 274 g/mol. The standard InChI is InChI=1S/C15H19NO5/c1-15(2,14(19)16(3)9-13(17)18)10-4-5-11-12(8-10)21-7-6-20-11/h4-5,8H,6-7,9H2,1-3H3,(H,17,18). The Bertz CT molecular complexity index is 567. The summed E-state index contributed by atoms with van der Waals surface area (Å²) in [6.07, 6.45) is 0. The summed E-state index contributed by atoms with van der Waals surface area (Å²) in [5.41, 5.74) is -0.0889. The molecule has 0 bridgehead atoms. The second kappa shape index (κ2) is 5.63. The van der Waals surface area contributed by atoms with E-state index in [0.29, 0.717) is 24.7 Å². The lowest BCUT2D eigenvalue weighted by atomic mass is 9.83. The summed E-state index contributed by atoms with van der Waals surface area (Å²) in [5.74, 6) is -0.0296. The van der Waals surface area contributed by atoms with Crippen LogP contribution in [0.3, 0.4) is 0 Å². The monoisotopic (exact) mass is 293 g/mol. The molecule has 0 unspecified atom stereocenters. The van der Waals surface area contributed by atoms with Gasteiger partial charge >= 0.3 is 5.97 Å². The number of rotatable bonds is 4. The first-order chi connectivity index (χ1) is 9.82. The average molecular weight is 293 g/mol. The van der Waals surface area contributed by atoms with E-state index < -0.39 is 11.4 Å². The molecule has 1 N–H and O–H groups in total. The highest BCUT2D eigenvalue weighted by atomic mass is 16.6. The van der Waals surface area contributed by atoms with Gasteiger partial charge in [-0.2, -0.15) is 0 Å². The molecule has 0 aromatic heterocycles. The van der Waals surface area contributed by atoms with Gasteiger partial charge in [-0.1, -0.05) is 6.07 Å². The molecule has 0 spiro atoms. The Morgan fingerprint density at radius 3 is 2.48 bits per heavy atom. The van der Waals surface area contributed by atoms with Crippen molar-refractivity contribution in [2.75, 3.05) is 26.8 Å². The molecule has 6 nitrogen and oxygen atoms in total. The molecule has 0 saturated heterocycles. The minimum absolute atomic E-state index is 0.262. The number of hydrogen-bond acceptors (Lipinski definition) is 4. The van der Waals surface area contributed by atoms with Crippen LogP contribution in [-0.2, 0) is 15.0 Å². The molecule has 1 aromatic carbocycles. The highest BCUT2D eigenvalue weighted by molar-refractivity contribution is 5.89. The number of carboxylic acids is 1. The number of carbonyl (C=O) groups is 2. The van der Waals surface area contributed by atoms with Gasteiger partial charge in [-0.15, -0.1) is 0 Å². The maximum Gasteiger partial charge on any atom is 0.323 e. The number of carboxylic acid groups (broad SMARTS) is 1. The quantitative estimate of drug-likeness (QED) is 0.905. The van der Waals surface area contributed by atoms with Gasteiger partial charge in [0.1, 0.15) is 19.8 Å². The Hall–Kier alpha value is -2.24. The fraction of sp³-hybridized carbons (Fsp3) is 0.467. The second-order valence-corrected chi connectivity index (χ2v) is 5.54. The van der Waals surface area contributed by atoms with Gasteiger partial charge in [0.25, 0.3) is 0 Å². The fourth-order valence-electron chi connectivity index (χ4n) is 2.31. The molecule has 0 saturated carbocycles. The summed E-state index contributed by atoms with van der Waals surface area (Å²) in [6, 6.07) is 5.36. The molecular formula is C15H19NO5. The number of ether oxygens (including phenoxy) is 2. The van der Waals surface area contributed by atoms with Crippen molar-refractivity contribution in [3.63, 3.8) is 0 Å². The van der Waals surface area contributed by atoms with Crippen LogP contribution in [0.2, 0.25) is 0 Å². The van der Waals surface area contributed by atoms with Gasteiger partial charge in [-0.25, -0.2) is 0 Å². The summed E-state index contributed by atoms with van der Waals surface area (Å²) < 4.78 is 11.0. The van der Waals surface area contributed by atoms with E-state index in [4.69, 9.17) is 14.6 Å². The van der Waals surface area contributed by atoms with E-state index in [1.54, 1.807) is 32.0 Å². The third kappa shape index (κ3) is 3.09. The van der Waals surface area contributed by atoms with E-state index in [-0.39, 0.29) is 12.5 Å². The Morgan fingerprint density at radius 1 is 1.24 bits per heavy atom. The summed E-state index contributed by atoms with van der Waals surface area (Å²) in [7, 11) is 1.48. The molecule has 1 heterocycles. The zero-order chi connectivity index (χ0) is 15.6. The molecule has 0 radical (unpaired) electrons. The molecule has 0 fully saturated rings. The number of aliphatic carboxylic acids is 1. The SMILES string of the molecule is CN(CC(=O)O)C(=O)C(C)(C)c1ccc2c(c1)OCCO2. The Kier molecular flexibility index (Phi) is 4.06. The fourth-order valence-corrected chi connectivity index (χ4v) is 2.31. The lowest BCUT2D eigenvalue weighted by molar-refractivity contribution is -0.145. The zero-order valence-electron chi connectivity index (χ0n) is 12.4. The largest absolute Gasteiger partial charge is 0.486 e. The van der Waals surface area contributed by atoms with Gasteiger partial charge in [0, 0.05) is 7.05 Å². The van der Waals surface area contributed by atoms with E-state index in [2.05, 4.69) is 0 Å². The summed E-state index contributed by atoms with van der Waals surface area (Å²) in [6.45, 7) is 4.19. The first-order valence-corrected chi connectivity index (χ1v) is 6.70. The Balaban J connectivity index is 2.26. The van der Waals surface area contributed by atoms with Crippen LogP contribution < -0.4 is 9.47 Å². The van der Waals surface area contributed by atoms with Crippen molar-refractivity contribution in [1.82, 2.24) is 4.90 Å². The van der Waals surface area contributed by atoms with Crippen molar-refractivity contribution < 1.29 is 24.2 Å². The van der Waals surface area contributed by atoms with Crippen molar-refractivity contribution in [2.24, 2.45) is 0 Å². The molecule has 21 heavy (non-hydrogen) atoms. The van der Waals surface area contributed by atoms with Crippen LogP contribution in [0.25, 0.3) is 0 Å². The van der Waals surface area contributed by atoms with Crippen molar-refractivity contribution in [3.8, 4) is 11.5 Å². The summed E-state index contributed by atoms with van der Waals surface area (Å²) in [5, 5.41) is 8.80. The third-order valence-electron chi connectivity index (χ3n) is 3.52. The highest BCUT2D eigenvalue weighted by Gasteiger charge is 2.34. The van der Waals surface area contributed by atoms with E-state index in [0.717, 1.165) is 5.56 Å². The van der Waals surface area contributed by atoms with Crippen LogP contribution in [0.15, 0.2) is 18.2 Å². The van der Waals surface area contributed by atoms with Gasteiger partial charge in [-0.05, 0) is 31.5 Å². The molecule has 6 heteroatoms. The van der Waals surface area contributed by atoms with E-state index in [1.165, 1.54) is 11.9 Å². The maximum atomic E-state index is 12.5. The highest BCUT2D eigenvalue weighted by Crippen LogP contribution is 2.35. The number of benzene rings is 1. The minimum atomic E-state index is -1.04. The van der Waals surface area contributed by atoms with Crippen molar-refractivity contribution in [2.45, 2.75) is 19.3 Å². The van der Waals surface area contributed by atoms with Crippen LogP contribution in [-0.4, -0.2) is 48.7 Å². The first kappa shape index (κ1) is 15.2. The number of likely N-dealkylation sites (N-methyl/N-ethyl adjacent to an activating group) is 1. The summed E-state index contributed by atoms with van der Waals surface area (Å²) >= 11 is 0. The van der Waals surface area contributed by atoms with Crippen molar-refractivity contribution in [3.05, 3.63) is 23.8 Å². The first-order valence-electron chi connectivity index (χ1n) is 6.70. The Morgan fingerprint density at radius 2 is 1.86 bits per heavy atom. The van der Waals surface area contributed by atoms with Crippen molar-refractivity contribution >= 4 is 11.9 Å². The number of amides is 1. The lowest BCUT2D eigenvalue weighted by Gasteiger charge is -2.30. The predicted octanol–water partition coefficient (Wildman–Crippen LogP) is 1.28. The predicted molar refractivity (Wildman–Crippen MR) is 75.7 cm³/mol. The molecule has 1 amide bonds. The molecule has 114 valence electrons. The maximum absolute atomic E-state index is 12.5. The Labute approximate surface area is 123 Å². The smallest absolute Gasteiger partial charge is 0.323 e. The molecule has 0 aliphatic carbocycles. The van der Waals surface area contributed by atoms with Gasteiger partial charge in [-0.3, -0.25) is 9.59 Å². The van der Waals surface area contributed by atoms with Crippen LogP contribution in [0.4, 0.5) is 0 Å². The number of nitrogens with zero attached hydrogens (tertiary/aromatic N) is 1. The zero-order valence-corrected chi connectivity index (χ0v) is 12.4. The van der Waals surface area contributed by atoms with Crippen molar-refractivity contribution in [1.29, 1.82) is 0 Å². The second-order valence-electron chi connectivity index (χ2n) is 5.54. The number of fused-ring (bicyclic) bond motifs is 1. The normalized spacial score (nSPS) is 13.7. The van der Waals surface area contributed by atoms with Gasteiger partial charge in [0.15, 0.2) is 11.5 Å². The molecule has 1 aliphatic rings. The van der Waals surface area contributed by atoms with E-state index >= 15 is 0 Å². The van der Waals surface area contributed by atoms with Crippen LogP contribution in [0.1, 0.15) is 19.4 Å². The molecule has 2 rings (SSSR count). The van der Waals surface area contributed by atoms with Crippen LogP contribution in [0.5, 0.6) is 11.5 Å². The minimum Gasteiger partial charge on any atom is -0.486 e. The van der Waals surface area contributed by atoms with Gasteiger partial charge < -0.3 is 19.5 Å². The molecule has 0 atom stereocenters. The number of hydrogen-bond donors (Lipinski definition) is 1. The van der Waals surface area contributed by atoms with Crippen LogP contribution >= 0.6 is 0 Å². The van der Waals surface area contributed by atoms with E-state index in [1.807, 2.05) is 0 Å². The average Bonchev–Trinajstić information content (AvgIpc) is 2.45. The molecule has 1 aromatic rings. The van der Waals surface area contributed by atoms with Gasteiger partial charge in [0.2, 0.25) is 5.91 Å². The number of carbonyl (C=O) groups excluding carboxylic acids is 1. The third-order valence-corrected chi connectivity index (χ3v) is 3.52. The van der Waals surface area contributed by atoms with E-state index in [9.17, 15) is 9.59 Å².